The maximum Gasteiger partial charge on any atom is 0.248 e. The number of carbonyl (C=O) groups is 1. The lowest BCUT2D eigenvalue weighted by atomic mass is 10.0. The first-order chi connectivity index (χ1) is 16.6. The van der Waals surface area contributed by atoms with Crippen molar-refractivity contribution in [2.45, 2.75) is 63.1 Å². The average molecular weight is 481 g/mol. The van der Waals surface area contributed by atoms with Crippen molar-refractivity contribution in [1.82, 2.24) is 25.5 Å². The minimum Gasteiger partial charge on any atom is -0.354 e. The molecule has 5 rings (SSSR count). The molecular weight excluding hydrogens is 448 g/mol. The third-order valence-corrected chi connectivity index (χ3v) is 7.47. The van der Waals surface area contributed by atoms with Crippen molar-refractivity contribution in [2.24, 2.45) is 10.9 Å². The smallest absolute Gasteiger partial charge is 0.248 e. The van der Waals surface area contributed by atoms with Gasteiger partial charge in [0.1, 0.15) is 5.54 Å². The van der Waals surface area contributed by atoms with E-state index in [1.54, 1.807) is 12.4 Å². The second-order valence-corrected chi connectivity index (χ2v) is 10.2. The van der Waals surface area contributed by atoms with Gasteiger partial charge in [0.2, 0.25) is 5.91 Å². The second kappa shape index (κ2) is 10.4. The first kappa shape index (κ1) is 23.2. The summed E-state index contributed by atoms with van der Waals surface area (Å²) in [6.07, 6.45) is 10.7. The van der Waals surface area contributed by atoms with Crippen LogP contribution in [0.3, 0.4) is 0 Å². The highest BCUT2D eigenvalue weighted by Crippen LogP contribution is 2.41. The minimum atomic E-state index is -0.656. The van der Waals surface area contributed by atoms with Gasteiger partial charge in [-0.2, -0.15) is 0 Å². The standard InChI is InChI=1S/C26H33ClN6O/c27-22-5-2-1-4-20(22)18-31-21-9-16-33(17-10-21)24(23-28-13-3-14-29-23)32-26(11-12-26)25(34)30-15-8-19-6-7-19/h1-5,13-14,19,21,31H,6-12,15-18H2,(H,30,34). The summed E-state index contributed by atoms with van der Waals surface area (Å²) in [5.41, 5.74) is 0.465. The molecule has 2 aromatic rings. The molecule has 2 aliphatic carbocycles. The maximum atomic E-state index is 13.0. The summed E-state index contributed by atoms with van der Waals surface area (Å²) >= 11 is 6.31. The molecule has 180 valence electrons. The fraction of sp³-hybridized carbons (Fsp3) is 0.538. The number of aromatic nitrogens is 2. The summed E-state index contributed by atoms with van der Waals surface area (Å²) in [6.45, 7) is 3.20. The number of halogens is 1. The Morgan fingerprint density at radius 2 is 1.82 bits per heavy atom. The van der Waals surface area contributed by atoms with Crippen LogP contribution in [-0.2, 0) is 11.3 Å². The number of nitrogens with zero attached hydrogens (tertiary/aromatic N) is 4. The molecule has 0 atom stereocenters. The maximum absolute atomic E-state index is 13.0. The van der Waals surface area contributed by atoms with Crippen LogP contribution in [0.5, 0.6) is 0 Å². The van der Waals surface area contributed by atoms with E-state index >= 15 is 0 Å². The van der Waals surface area contributed by atoms with Crippen molar-refractivity contribution >= 4 is 23.3 Å². The topological polar surface area (TPSA) is 82.5 Å². The first-order valence-electron chi connectivity index (χ1n) is 12.5. The molecule has 1 aromatic heterocycles. The third kappa shape index (κ3) is 5.76. The van der Waals surface area contributed by atoms with Gasteiger partial charge in [0, 0.05) is 49.6 Å². The molecule has 7 nitrogen and oxygen atoms in total. The van der Waals surface area contributed by atoms with E-state index in [0.29, 0.717) is 11.9 Å². The zero-order chi connectivity index (χ0) is 23.4. The number of amides is 1. The van der Waals surface area contributed by atoms with Crippen LogP contribution in [-0.4, -0.2) is 57.8 Å². The largest absolute Gasteiger partial charge is 0.354 e. The SMILES string of the molecule is O=C(NCCC1CC1)C1(N=C(c2ncccn2)N2CCC(NCc3ccccc3Cl)CC2)CC1. The van der Waals surface area contributed by atoms with Gasteiger partial charge in [0.25, 0.3) is 0 Å². The Hall–Kier alpha value is -2.51. The van der Waals surface area contributed by atoms with E-state index in [1.165, 1.54) is 12.8 Å². The predicted molar refractivity (Wildman–Crippen MR) is 134 cm³/mol. The Bertz CT molecular complexity index is 1010. The van der Waals surface area contributed by atoms with Gasteiger partial charge >= 0.3 is 0 Å². The van der Waals surface area contributed by atoms with Gasteiger partial charge in [0.15, 0.2) is 11.7 Å². The third-order valence-electron chi connectivity index (χ3n) is 7.10. The number of piperidine rings is 1. The van der Waals surface area contributed by atoms with Gasteiger partial charge < -0.3 is 15.5 Å². The molecule has 0 bridgehead atoms. The Morgan fingerprint density at radius 3 is 2.50 bits per heavy atom. The van der Waals surface area contributed by atoms with Crippen molar-refractivity contribution in [3.63, 3.8) is 0 Å². The van der Waals surface area contributed by atoms with Crippen molar-refractivity contribution in [3.05, 3.63) is 59.1 Å². The summed E-state index contributed by atoms with van der Waals surface area (Å²) in [4.78, 5) is 29.2. The summed E-state index contributed by atoms with van der Waals surface area (Å²) in [5, 5.41) is 7.58. The Kier molecular flexibility index (Phi) is 7.11. The summed E-state index contributed by atoms with van der Waals surface area (Å²) in [6, 6.07) is 10.2. The Morgan fingerprint density at radius 1 is 1.09 bits per heavy atom. The van der Waals surface area contributed by atoms with Crippen LogP contribution in [0.4, 0.5) is 0 Å². The van der Waals surface area contributed by atoms with Crippen LogP contribution in [0.1, 0.15) is 56.3 Å². The number of amidine groups is 1. The fourth-order valence-electron chi connectivity index (χ4n) is 4.54. The lowest BCUT2D eigenvalue weighted by Crippen LogP contribution is -2.46. The van der Waals surface area contributed by atoms with Gasteiger partial charge in [-0.3, -0.25) is 4.79 Å². The molecule has 0 unspecified atom stereocenters. The highest BCUT2D eigenvalue weighted by Gasteiger charge is 2.51. The van der Waals surface area contributed by atoms with Crippen molar-refractivity contribution in [2.75, 3.05) is 19.6 Å². The fourth-order valence-corrected chi connectivity index (χ4v) is 4.74. The first-order valence-corrected chi connectivity index (χ1v) is 12.9. The predicted octanol–water partition coefficient (Wildman–Crippen LogP) is 3.58. The molecule has 1 aliphatic heterocycles. The van der Waals surface area contributed by atoms with Crippen molar-refractivity contribution in [1.29, 1.82) is 0 Å². The summed E-state index contributed by atoms with van der Waals surface area (Å²) < 4.78 is 0. The monoisotopic (exact) mass is 480 g/mol. The molecule has 34 heavy (non-hydrogen) atoms. The highest BCUT2D eigenvalue weighted by molar-refractivity contribution is 6.31. The van der Waals surface area contributed by atoms with Crippen molar-refractivity contribution in [3.8, 4) is 0 Å². The molecule has 3 aliphatic rings. The molecule has 0 spiro atoms. The van der Waals surface area contributed by atoms with Crippen LogP contribution in [0, 0.1) is 5.92 Å². The van der Waals surface area contributed by atoms with Gasteiger partial charge in [0.05, 0.1) is 0 Å². The number of rotatable bonds is 9. The van der Waals surface area contributed by atoms with E-state index in [4.69, 9.17) is 16.6 Å². The highest BCUT2D eigenvalue weighted by atomic mass is 35.5. The number of likely N-dealkylation sites (tertiary alicyclic amines) is 1. The number of hydrogen-bond acceptors (Lipinski definition) is 5. The number of hydrogen-bond donors (Lipinski definition) is 2. The number of benzene rings is 1. The van der Waals surface area contributed by atoms with Crippen LogP contribution in [0.2, 0.25) is 5.02 Å². The summed E-state index contributed by atoms with van der Waals surface area (Å²) in [7, 11) is 0. The zero-order valence-corrected chi connectivity index (χ0v) is 20.3. The van der Waals surface area contributed by atoms with Crippen LogP contribution in [0.25, 0.3) is 0 Å². The average Bonchev–Trinajstić information content (AvgIpc) is 3.80. The van der Waals surface area contributed by atoms with Crippen LogP contribution in [0.15, 0.2) is 47.7 Å². The van der Waals surface area contributed by atoms with Gasteiger partial charge in [-0.1, -0.05) is 42.6 Å². The van der Waals surface area contributed by atoms with Gasteiger partial charge in [-0.15, -0.1) is 0 Å². The van der Waals surface area contributed by atoms with Crippen LogP contribution >= 0.6 is 11.6 Å². The Labute approximate surface area is 206 Å². The normalized spacial score (nSPS) is 20.3. The van der Waals surface area contributed by atoms with E-state index in [9.17, 15) is 4.79 Å². The second-order valence-electron chi connectivity index (χ2n) is 9.76. The minimum absolute atomic E-state index is 0.0536. The number of nitrogens with one attached hydrogen (secondary N) is 2. The van der Waals surface area contributed by atoms with Gasteiger partial charge in [-0.25, -0.2) is 15.0 Å². The molecule has 2 heterocycles. The van der Waals surface area contributed by atoms with E-state index in [0.717, 1.165) is 80.6 Å². The molecule has 1 aromatic carbocycles. The molecule has 2 saturated carbocycles. The Balaban J connectivity index is 1.23. The molecule has 8 heteroatoms. The molecule has 1 amide bonds. The lowest BCUT2D eigenvalue weighted by Gasteiger charge is -2.34. The van der Waals surface area contributed by atoms with Crippen molar-refractivity contribution < 1.29 is 4.79 Å². The van der Waals surface area contributed by atoms with Crippen LogP contribution < -0.4 is 10.6 Å². The molecule has 3 fully saturated rings. The lowest BCUT2D eigenvalue weighted by molar-refractivity contribution is -0.123. The number of aliphatic imine (C=N–C) groups is 1. The van der Waals surface area contributed by atoms with E-state index in [1.807, 2.05) is 24.3 Å². The molecule has 0 radical (unpaired) electrons. The van der Waals surface area contributed by atoms with E-state index < -0.39 is 5.54 Å². The summed E-state index contributed by atoms with van der Waals surface area (Å²) in [5.74, 6) is 2.21. The molecular formula is C26H33ClN6O. The molecule has 2 N–H and O–H groups in total. The van der Waals surface area contributed by atoms with E-state index in [-0.39, 0.29) is 5.91 Å². The number of carbonyl (C=O) groups excluding carboxylic acids is 1. The van der Waals surface area contributed by atoms with Gasteiger partial charge in [-0.05, 0) is 55.7 Å². The quantitative estimate of drug-likeness (QED) is 0.423. The molecule has 1 saturated heterocycles. The zero-order valence-electron chi connectivity index (χ0n) is 19.5. The van der Waals surface area contributed by atoms with E-state index in [2.05, 4.69) is 31.6 Å².